The zero-order chi connectivity index (χ0) is 19.0. The molecule has 1 aliphatic rings. The van der Waals surface area contributed by atoms with Crippen molar-refractivity contribution in [3.63, 3.8) is 0 Å². The largest absolute Gasteiger partial charge is 0.322 e. The lowest BCUT2D eigenvalue weighted by Crippen LogP contribution is -2.13. The van der Waals surface area contributed by atoms with Gasteiger partial charge in [0.05, 0.1) is 17.8 Å². The number of halogens is 2. The van der Waals surface area contributed by atoms with Gasteiger partial charge < -0.3 is 5.32 Å². The Labute approximate surface area is 168 Å². The van der Waals surface area contributed by atoms with Crippen LogP contribution in [0.4, 0.5) is 5.69 Å². The summed E-state index contributed by atoms with van der Waals surface area (Å²) >= 11 is 12.7. The van der Waals surface area contributed by atoms with Crippen LogP contribution in [-0.2, 0) is 19.4 Å². The molecule has 1 heterocycles. The second-order valence-electron chi connectivity index (χ2n) is 6.79. The molecule has 0 fully saturated rings. The van der Waals surface area contributed by atoms with Gasteiger partial charge in [0.25, 0.3) is 5.91 Å². The fourth-order valence-corrected chi connectivity index (χ4v) is 4.06. The van der Waals surface area contributed by atoms with E-state index in [-0.39, 0.29) is 5.91 Å². The first-order chi connectivity index (χ1) is 13.0. The smallest absolute Gasteiger partial charge is 0.260 e. The molecule has 0 spiro atoms. The first kappa shape index (κ1) is 18.1. The minimum atomic E-state index is -0.249. The Morgan fingerprint density at radius 1 is 1.15 bits per heavy atom. The molecule has 6 heteroatoms. The number of carbonyl (C=O) groups excluding carboxylic acids is 1. The average Bonchev–Trinajstić information content (AvgIpc) is 3.21. The highest BCUT2D eigenvalue weighted by atomic mass is 35.5. The number of anilines is 1. The maximum Gasteiger partial charge on any atom is 0.260 e. The summed E-state index contributed by atoms with van der Waals surface area (Å²) in [5.41, 5.74) is 5.35. The predicted octanol–water partition coefficient (Wildman–Crippen LogP) is 5.29. The molecule has 4 nitrogen and oxygen atoms in total. The fourth-order valence-electron chi connectivity index (χ4n) is 3.55. The summed E-state index contributed by atoms with van der Waals surface area (Å²) in [6.07, 6.45) is 3.35. The third-order valence-electron chi connectivity index (χ3n) is 4.93. The summed E-state index contributed by atoms with van der Waals surface area (Å²) in [6.45, 7) is 2.19. The normalized spacial score (nSPS) is 12.9. The lowest BCUT2D eigenvalue weighted by molar-refractivity contribution is 0.102. The third-order valence-corrected chi connectivity index (χ3v) is 5.68. The Morgan fingerprint density at radius 3 is 2.74 bits per heavy atom. The molecule has 1 aliphatic carbocycles. The maximum atomic E-state index is 12.8. The van der Waals surface area contributed by atoms with Gasteiger partial charge >= 0.3 is 0 Å². The molecule has 0 radical (unpaired) electrons. The molecule has 1 aromatic heterocycles. The van der Waals surface area contributed by atoms with Crippen LogP contribution in [0.5, 0.6) is 0 Å². The molecule has 2 aromatic carbocycles. The Kier molecular flexibility index (Phi) is 4.94. The topological polar surface area (TPSA) is 46.9 Å². The van der Waals surface area contributed by atoms with Gasteiger partial charge in [0.2, 0.25) is 0 Å². The van der Waals surface area contributed by atoms with E-state index in [1.807, 2.05) is 30.3 Å². The molecular formula is C21H19Cl2N3O. The number of nitrogens with zero attached hydrogens (tertiary/aromatic N) is 2. The van der Waals surface area contributed by atoms with Gasteiger partial charge in [-0.25, -0.2) is 4.68 Å². The Bertz CT molecular complexity index is 1030. The number of hydrogen-bond acceptors (Lipinski definition) is 2. The summed E-state index contributed by atoms with van der Waals surface area (Å²) in [6, 6.07) is 13.6. The van der Waals surface area contributed by atoms with Gasteiger partial charge in [-0.05, 0) is 61.1 Å². The monoisotopic (exact) mass is 399 g/mol. The van der Waals surface area contributed by atoms with E-state index >= 15 is 0 Å². The molecule has 0 unspecified atom stereocenters. The lowest BCUT2D eigenvalue weighted by atomic mass is 10.1. The quantitative estimate of drug-likeness (QED) is 0.647. The van der Waals surface area contributed by atoms with Crippen LogP contribution >= 0.6 is 23.2 Å². The van der Waals surface area contributed by atoms with Crippen LogP contribution in [-0.4, -0.2) is 15.7 Å². The predicted molar refractivity (Wildman–Crippen MR) is 109 cm³/mol. The first-order valence-corrected chi connectivity index (χ1v) is 9.68. The van der Waals surface area contributed by atoms with Gasteiger partial charge in [0.15, 0.2) is 0 Å². The van der Waals surface area contributed by atoms with Gasteiger partial charge in [-0.15, -0.1) is 0 Å². The number of aryl methyl sites for hydroxylation is 3. The van der Waals surface area contributed by atoms with Crippen molar-refractivity contribution in [1.29, 1.82) is 0 Å². The van der Waals surface area contributed by atoms with E-state index < -0.39 is 0 Å². The minimum Gasteiger partial charge on any atom is -0.322 e. The number of carbonyl (C=O) groups is 1. The van der Waals surface area contributed by atoms with Crippen molar-refractivity contribution in [2.24, 2.45) is 0 Å². The number of hydrogen-bond donors (Lipinski definition) is 1. The van der Waals surface area contributed by atoms with E-state index in [0.717, 1.165) is 24.1 Å². The second kappa shape index (κ2) is 7.37. The second-order valence-corrected chi connectivity index (χ2v) is 7.56. The van der Waals surface area contributed by atoms with E-state index in [9.17, 15) is 4.79 Å². The molecule has 0 bridgehead atoms. The number of fused-ring (bicyclic) bond motifs is 1. The molecule has 1 amide bonds. The van der Waals surface area contributed by atoms with E-state index in [1.54, 1.807) is 11.6 Å². The van der Waals surface area contributed by atoms with Gasteiger partial charge in [0, 0.05) is 10.7 Å². The van der Waals surface area contributed by atoms with Crippen LogP contribution in [0.1, 0.15) is 39.2 Å². The minimum absolute atomic E-state index is 0.249. The molecule has 3 aromatic rings. The van der Waals surface area contributed by atoms with Crippen molar-refractivity contribution >= 4 is 34.8 Å². The van der Waals surface area contributed by atoms with Crippen molar-refractivity contribution in [1.82, 2.24) is 9.78 Å². The van der Waals surface area contributed by atoms with Crippen LogP contribution in [0.2, 0.25) is 10.2 Å². The summed E-state index contributed by atoms with van der Waals surface area (Å²) in [4.78, 5) is 12.8. The maximum absolute atomic E-state index is 12.8. The average molecular weight is 400 g/mol. The molecule has 0 saturated carbocycles. The molecule has 0 atom stereocenters. The van der Waals surface area contributed by atoms with Crippen molar-refractivity contribution in [2.75, 3.05) is 5.32 Å². The molecule has 0 aliphatic heterocycles. The molecular weight excluding hydrogens is 381 g/mol. The van der Waals surface area contributed by atoms with Crippen LogP contribution in [0, 0.1) is 6.92 Å². The summed E-state index contributed by atoms with van der Waals surface area (Å²) in [5, 5.41) is 8.34. The Balaban J connectivity index is 1.57. The number of aromatic nitrogens is 2. The van der Waals surface area contributed by atoms with Gasteiger partial charge in [-0.3, -0.25) is 4.79 Å². The van der Waals surface area contributed by atoms with Gasteiger partial charge in [0.1, 0.15) is 5.15 Å². The van der Waals surface area contributed by atoms with Crippen LogP contribution < -0.4 is 5.32 Å². The molecule has 0 saturated heterocycles. The zero-order valence-electron chi connectivity index (χ0n) is 14.9. The molecule has 4 rings (SSSR count). The Hall–Kier alpha value is -2.30. The third kappa shape index (κ3) is 3.60. The van der Waals surface area contributed by atoms with Crippen molar-refractivity contribution < 1.29 is 4.79 Å². The SMILES string of the molecule is Cc1nn(Cc2ccccc2Cl)c(Cl)c1C(=O)Nc1ccc2c(c1)CCC2. The highest BCUT2D eigenvalue weighted by Crippen LogP contribution is 2.27. The summed E-state index contributed by atoms with van der Waals surface area (Å²) < 4.78 is 1.61. The van der Waals surface area contributed by atoms with E-state index in [4.69, 9.17) is 23.2 Å². The summed E-state index contributed by atoms with van der Waals surface area (Å²) in [7, 11) is 0. The molecule has 27 heavy (non-hydrogen) atoms. The number of benzene rings is 2. The van der Waals surface area contributed by atoms with E-state index in [2.05, 4.69) is 22.5 Å². The van der Waals surface area contributed by atoms with Crippen LogP contribution in [0.15, 0.2) is 42.5 Å². The van der Waals surface area contributed by atoms with Gasteiger partial charge in [-0.1, -0.05) is 47.5 Å². The number of rotatable bonds is 4. The van der Waals surface area contributed by atoms with Crippen LogP contribution in [0.25, 0.3) is 0 Å². The van der Waals surface area contributed by atoms with Crippen molar-refractivity contribution in [2.45, 2.75) is 32.7 Å². The highest BCUT2D eigenvalue weighted by Gasteiger charge is 2.21. The lowest BCUT2D eigenvalue weighted by Gasteiger charge is -2.08. The van der Waals surface area contributed by atoms with Gasteiger partial charge in [-0.2, -0.15) is 5.10 Å². The van der Waals surface area contributed by atoms with E-state index in [1.165, 1.54) is 17.5 Å². The van der Waals surface area contributed by atoms with Crippen molar-refractivity contribution in [3.8, 4) is 0 Å². The van der Waals surface area contributed by atoms with Crippen molar-refractivity contribution in [3.05, 3.63) is 80.6 Å². The standard InChI is InChI=1S/C21H19Cl2N3O/c1-13-19(20(23)26(25-13)12-16-5-2-3-8-18(16)22)21(27)24-17-10-9-14-6-4-7-15(14)11-17/h2-3,5,8-11H,4,6-7,12H2,1H3,(H,24,27). The fraction of sp³-hybridized carbons (Fsp3) is 0.238. The number of amides is 1. The number of nitrogens with one attached hydrogen (secondary N) is 1. The van der Waals surface area contributed by atoms with E-state index in [0.29, 0.717) is 28.0 Å². The van der Waals surface area contributed by atoms with Crippen LogP contribution in [0.3, 0.4) is 0 Å². The summed E-state index contributed by atoms with van der Waals surface area (Å²) in [5.74, 6) is -0.249. The molecule has 1 N–H and O–H groups in total. The zero-order valence-corrected chi connectivity index (χ0v) is 16.4. The Morgan fingerprint density at radius 2 is 1.93 bits per heavy atom. The molecule has 138 valence electrons. The highest BCUT2D eigenvalue weighted by molar-refractivity contribution is 6.34. The first-order valence-electron chi connectivity index (χ1n) is 8.92.